The highest BCUT2D eigenvalue weighted by atomic mass is 16.5. The van der Waals surface area contributed by atoms with Gasteiger partial charge < -0.3 is 9.53 Å². The average Bonchev–Trinajstić information content (AvgIpc) is 3.08. The number of rotatable bonds is 3. The topological polar surface area (TPSA) is 60.4 Å². The molecular formula is C31H46O4. The summed E-state index contributed by atoms with van der Waals surface area (Å²) in [5.74, 6) is 2.45. The average molecular weight is 483 g/mol. The number of Topliss-reactive ketones (excluding diaryl/α,β-unsaturated/α-hetero) is 1. The first-order valence-corrected chi connectivity index (χ1v) is 14.2. The summed E-state index contributed by atoms with van der Waals surface area (Å²) in [6.07, 6.45) is 10.2. The zero-order valence-electron chi connectivity index (χ0n) is 23.0. The van der Waals surface area contributed by atoms with Crippen LogP contribution in [0.1, 0.15) is 106 Å². The SMILES string of the molecule is CC(=O)OC1CCC2(C)C3CCC4C5=C(C(C)C)C(=O)CC5(C=O)CCC4(C)C3CCC2C1(C)C. The van der Waals surface area contributed by atoms with Gasteiger partial charge in [0.25, 0.3) is 0 Å². The Balaban J connectivity index is 1.51. The van der Waals surface area contributed by atoms with E-state index in [0.29, 0.717) is 30.1 Å². The normalized spacial score (nSPS) is 46.4. The lowest BCUT2D eigenvalue weighted by atomic mass is 9.37. The van der Waals surface area contributed by atoms with Crippen molar-refractivity contribution in [3.05, 3.63) is 11.1 Å². The van der Waals surface area contributed by atoms with Crippen LogP contribution >= 0.6 is 0 Å². The third-order valence-corrected chi connectivity index (χ3v) is 12.2. The molecule has 5 aliphatic carbocycles. The first-order valence-electron chi connectivity index (χ1n) is 14.2. The molecule has 0 aromatic heterocycles. The maximum Gasteiger partial charge on any atom is 0.302 e. The fourth-order valence-corrected chi connectivity index (χ4v) is 10.7. The monoisotopic (exact) mass is 482 g/mol. The first-order chi connectivity index (χ1) is 16.3. The van der Waals surface area contributed by atoms with Gasteiger partial charge in [0.2, 0.25) is 0 Å². The van der Waals surface area contributed by atoms with Crippen LogP contribution in [0.5, 0.6) is 0 Å². The summed E-state index contributed by atoms with van der Waals surface area (Å²) in [6.45, 7) is 15.5. The zero-order chi connectivity index (χ0) is 25.6. The summed E-state index contributed by atoms with van der Waals surface area (Å²) >= 11 is 0. The van der Waals surface area contributed by atoms with E-state index in [4.69, 9.17) is 4.74 Å². The Kier molecular flexibility index (Phi) is 5.78. The highest BCUT2D eigenvalue weighted by Gasteiger charge is 2.66. The zero-order valence-corrected chi connectivity index (χ0v) is 23.0. The third kappa shape index (κ3) is 3.33. The van der Waals surface area contributed by atoms with Gasteiger partial charge in [0, 0.05) is 18.8 Å². The van der Waals surface area contributed by atoms with Crippen LogP contribution in [0.4, 0.5) is 0 Å². The molecule has 35 heavy (non-hydrogen) atoms. The predicted molar refractivity (Wildman–Crippen MR) is 136 cm³/mol. The van der Waals surface area contributed by atoms with Gasteiger partial charge in [-0.1, -0.05) is 41.5 Å². The fourth-order valence-electron chi connectivity index (χ4n) is 10.7. The van der Waals surface area contributed by atoms with Gasteiger partial charge in [-0.15, -0.1) is 0 Å². The molecule has 0 bridgehead atoms. The molecule has 0 N–H and O–H groups in total. The minimum atomic E-state index is -0.529. The van der Waals surface area contributed by atoms with E-state index >= 15 is 0 Å². The number of carbonyl (C=O) groups excluding carboxylic acids is 3. The molecule has 5 rings (SSSR count). The van der Waals surface area contributed by atoms with E-state index in [0.717, 1.165) is 44.0 Å². The number of carbonyl (C=O) groups is 3. The van der Waals surface area contributed by atoms with Crippen molar-refractivity contribution in [1.29, 1.82) is 0 Å². The summed E-state index contributed by atoms with van der Waals surface area (Å²) in [7, 11) is 0. The van der Waals surface area contributed by atoms with Crippen LogP contribution in [0.2, 0.25) is 0 Å². The molecular weight excluding hydrogens is 436 g/mol. The van der Waals surface area contributed by atoms with Crippen molar-refractivity contribution in [3.63, 3.8) is 0 Å². The molecule has 4 fully saturated rings. The van der Waals surface area contributed by atoms with Gasteiger partial charge in [-0.25, -0.2) is 0 Å². The van der Waals surface area contributed by atoms with Crippen molar-refractivity contribution in [2.24, 2.45) is 51.2 Å². The third-order valence-electron chi connectivity index (χ3n) is 12.2. The summed E-state index contributed by atoms with van der Waals surface area (Å²) < 4.78 is 5.85. The van der Waals surface area contributed by atoms with Crippen LogP contribution in [0.25, 0.3) is 0 Å². The minimum Gasteiger partial charge on any atom is -0.462 e. The van der Waals surface area contributed by atoms with Crippen molar-refractivity contribution in [2.45, 2.75) is 112 Å². The molecule has 4 saturated carbocycles. The van der Waals surface area contributed by atoms with Crippen LogP contribution < -0.4 is 0 Å². The second-order valence-electron chi connectivity index (χ2n) is 14.3. The Labute approximate surface area is 212 Å². The Morgan fingerprint density at radius 2 is 1.60 bits per heavy atom. The number of ether oxygens (including phenoxy) is 1. The summed E-state index contributed by atoms with van der Waals surface area (Å²) in [4.78, 5) is 37.5. The summed E-state index contributed by atoms with van der Waals surface area (Å²) in [5.41, 5.74) is 2.10. The molecule has 0 aliphatic heterocycles. The largest absolute Gasteiger partial charge is 0.462 e. The second-order valence-corrected chi connectivity index (χ2v) is 14.3. The fraction of sp³-hybridized carbons (Fsp3) is 0.839. The van der Waals surface area contributed by atoms with E-state index in [1.54, 1.807) is 6.92 Å². The quantitative estimate of drug-likeness (QED) is 0.331. The van der Waals surface area contributed by atoms with Gasteiger partial charge in [-0.2, -0.15) is 0 Å². The summed E-state index contributed by atoms with van der Waals surface area (Å²) in [6, 6.07) is 0. The van der Waals surface area contributed by atoms with E-state index in [-0.39, 0.29) is 40.0 Å². The molecule has 0 aromatic rings. The lowest BCUT2D eigenvalue weighted by molar-refractivity contribution is -0.201. The van der Waals surface area contributed by atoms with E-state index in [2.05, 4.69) is 41.5 Å². The smallest absolute Gasteiger partial charge is 0.302 e. The molecule has 5 aliphatic rings. The molecule has 0 spiro atoms. The van der Waals surface area contributed by atoms with Crippen LogP contribution in [0.15, 0.2) is 11.1 Å². The highest BCUT2D eigenvalue weighted by Crippen LogP contribution is 2.72. The Morgan fingerprint density at radius 3 is 2.23 bits per heavy atom. The number of hydrogen-bond acceptors (Lipinski definition) is 4. The van der Waals surface area contributed by atoms with Crippen LogP contribution in [-0.4, -0.2) is 24.1 Å². The molecule has 0 radical (unpaired) electrons. The van der Waals surface area contributed by atoms with E-state index in [1.165, 1.54) is 24.8 Å². The minimum absolute atomic E-state index is 0.00713. The lowest BCUT2D eigenvalue weighted by Gasteiger charge is -2.67. The van der Waals surface area contributed by atoms with Gasteiger partial charge in [-0.05, 0) is 103 Å². The standard InChI is InChI=1S/C31H46O4/c1-18(2)26-23(34)16-31(17-32)15-14-29(6)20-10-11-24-28(4,5)25(35-19(3)33)12-13-30(24,7)21(20)8-9-22(29)27(26)31/h17-18,20-22,24-25H,8-16H2,1-7H3. The first kappa shape index (κ1) is 25.2. The van der Waals surface area contributed by atoms with Crippen LogP contribution in [0, 0.1) is 51.2 Å². The van der Waals surface area contributed by atoms with Crippen molar-refractivity contribution < 1.29 is 19.1 Å². The van der Waals surface area contributed by atoms with Gasteiger partial charge in [0.15, 0.2) is 5.78 Å². The van der Waals surface area contributed by atoms with E-state index in [1.807, 2.05) is 0 Å². The Bertz CT molecular complexity index is 974. The molecule has 0 saturated heterocycles. The van der Waals surface area contributed by atoms with Gasteiger partial charge >= 0.3 is 5.97 Å². The van der Waals surface area contributed by atoms with Crippen LogP contribution in [-0.2, 0) is 19.1 Å². The molecule has 0 heterocycles. The summed E-state index contributed by atoms with van der Waals surface area (Å²) in [5, 5.41) is 0. The van der Waals surface area contributed by atoms with Gasteiger partial charge in [0.1, 0.15) is 12.4 Å². The molecule has 0 amide bonds. The van der Waals surface area contributed by atoms with Crippen molar-refractivity contribution in [2.75, 3.05) is 0 Å². The molecule has 8 atom stereocenters. The number of aldehydes is 1. The number of fused-ring (bicyclic) bond motifs is 7. The molecule has 4 heteroatoms. The van der Waals surface area contributed by atoms with Gasteiger partial charge in [-0.3, -0.25) is 9.59 Å². The molecule has 0 aromatic carbocycles. The van der Waals surface area contributed by atoms with Crippen LogP contribution in [0.3, 0.4) is 0 Å². The lowest BCUT2D eigenvalue weighted by Crippen LogP contribution is -2.61. The van der Waals surface area contributed by atoms with E-state index < -0.39 is 5.41 Å². The maximum atomic E-state index is 13.2. The molecule has 8 unspecified atom stereocenters. The molecule has 194 valence electrons. The Hall–Kier alpha value is -1.45. The Morgan fingerprint density at radius 1 is 0.943 bits per heavy atom. The van der Waals surface area contributed by atoms with Crippen molar-refractivity contribution in [1.82, 2.24) is 0 Å². The number of esters is 1. The second kappa shape index (κ2) is 8.02. The number of ketones is 1. The van der Waals surface area contributed by atoms with Crippen molar-refractivity contribution in [3.8, 4) is 0 Å². The van der Waals surface area contributed by atoms with E-state index in [9.17, 15) is 14.4 Å². The number of hydrogen-bond donors (Lipinski definition) is 0. The number of allylic oxidation sites excluding steroid dienone is 2. The molecule has 4 nitrogen and oxygen atoms in total. The predicted octanol–water partition coefficient (Wildman–Crippen LogP) is 6.71. The van der Waals surface area contributed by atoms with Gasteiger partial charge in [0.05, 0.1) is 5.41 Å². The highest BCUT2D eigenvalue weighted by molar-refractivity contribution is 6.03. The maximum absolute atomic E-state index is 13.2. The van der Waals surface area contributed by atoms with Crippen molar-refractivity contribution >= 4 is 18.0 Å².